The quantitative estimate of drug-likeness (QED) is 0.504. The summed E-state index contributed by atoms with van der Waals surface area (Å²) in [4.78, 5) is 23.4. The van der Waals surface area contributed by atoms with Gasteiger partial charge in [-0.2, -0.15) is 5.10 Å². The number of carbonyl (C=O) groups is 1. The molecule has 27 heavy (non-hydrogen) atoms. The smallest absolute Gasteiger partial charge is 0.248 e. The van der Waals surface area contributed by atoms with Gasteiger partial charge in [0.15, 0.2) is 5.65 Å². The van der Waals surface area contributed by atoms with E-state index in [-0.39, 0.29) is 5.54 Å². The molecule has 1 aromatic carbocycles. The van der Waals surface area contributed by atoms with Crippen molar-refractivity contribution >= 4 is 33.7 Å². The summed E-state index contributed by atoms with van der Waals surface area (Å²) in [7, 11) is 0. The predicted octanol–water partition coefficient (Wildman–Crippen LogP) is 2.72. The number of hydrogen-bond acceptors (Lipinski definition) is 5. The molecular weight excluding hydrogens is 342 g/mol. The lowest BCUT2D eigenvalue weighted by molar-refractivity contribution is 0.100. The lowest BCUT2D eigenvalue weighted by Crippen LogP contribution is -2.23. The second kappa shape index (κ2) is 5.54. The fourth-order valence-corrected chi connectivity index (χ4v) is 3.35. The number of aromatic nitrogens is 5. The van der Waals surface area contributed by atoms with Gasteiger partial charge in [0, 0.05) is 16.5 Å². The van der Waals surface area contributed by atoms with Crippen LogP contribution < -0.4 is 11.5 Å². The van der Waals surface area contributed by atoms with Gasteiger partial charge in [0.25, 0.3) is 0 Å². The van der Waals surface area contributed by atoms with Gasteiger partial charge in [-0.25, -0.2) is 14.6 Å². The summed E-state index contributed by atoms with van der Waals surface area (Å²) in [5, 5.41) is 6.51. The summed E-state index contributed by atoms with van der Waals surface area (Å²) in [5.41, 5.74) is 15.8. The van der Waals surface area contributed by atoms with E-state index in [1.807, 2.05) is 17.7 Å². The van der Waals surface area contributed by atoms with Gasteiger partial charge in [-0.1, -0.05) is 6.07 Å². The number of benzene rings is 1. The number of aryl methyl sites for hydroxylation is 1. The van der Waals surface area contributed by atoms with E-state index in [1.165, 1.54) is 6.33 Å². The second-order valence-corrected chi connectivity index (χ2v) is 7.64. The number of nitrogens with zero attached hydrogens (tertiary/aromatic N) is 4. The molecule has 4 rings (SSSR count). The Balaban J connectivity index is 2.05. The Morgan fingerprint density at radius 1 is 1.22 bits per heavy atom. The minimum atomic E-state index is -0.467. The Labute approximate surface area is 155 Å². The van der Waals surface area contributed by atoms with Crippen molar-refractivity contribution in [2.45, 2.75) is 33.2 Å². The third kappa shape index (κ3) is 2.52. The van der Waals surface area contributed by atoms with E-state index in [0.717, 1.165) is 22.2 Å². The summed E-state index contributed by atoms with van der Waals surface area (Å²) in [6, 6.07) is 5.35. The van der Waals surface area contributed by atoms with Gasteiger partial charge in [-0.05, 0) is 45.4 Å². The largest absolute Gasteiger partial charge is 0.383 e. The number of fused-ring (bicyclic) bond motifs is 2. The lowest BCUT2D eigenvalue weighted by atomic mass is 10.1. The van der Waals surface area contributed by atoms with E-state index in [1.54, 1.807) is 12.1 Å². The molecule has 0 bridgehead atoms. The maximum atomic E-state index is 11.5. The van der Waals surface area contributed by atoms with E-state index in [9.17, 15) is 4.79 Å². The van der Waals surface area contributed by atoms with Crippen LogP contribution in [-0.4, -0.2) is 30.6 Å². The van der Waals surface area contributed by atoms with Crippen LogP contribution in [0.25, 0.3) is 33.3 Å². The first-order chi connectivity index (χ1) is 12.7. The fraction of sp³-hybridized carbons (Fsp3) is 0.263. The van der Waals surface area contributed by atoms with Crippen molar-refractivity contribution in [3.8, 4) is 11.4 Å². The zero-order valence-corrected chi connectivity index (χ0v) is 15.7. The van der Waals surface area contributed by atoms with Crippen LogP contribution in [0.4, 0.5) is 5.82 Å². The fourth-order valence-electron chi connectivity index (χ4n) is 3.35. The molecule has 0 aliphatic rings. The standard InChI is InChI=1S/C19H21N7O/c1-9-11-6-5-10(17(21)27)7-12(11)24-14(9)15-13-16(20)22-8-23-18(13)26(25-15)19(2,3)4/h5-8,24H,1-4H3,(H2,21,27)(H2,20,22,23). The highest BCUT2D eigenvalue weighted by molar-refractivity contribution is 6.03. The molecule has 138 valence electrons. The summed E-state index contributed by atoms with van der Waals surface area (Å²) < 4.78 is 1.86. The van der Waals surface area contributed by atoms with E-state index < -0.39 is 5.91 Å². The monoisotopic (exact) mass is 363 g/mol. The van der Waals surface area contributed by atoms with Crippen molar-refractivity contribution in [3.63, 3.8) is 0 Å². The van der Waals surface area contributed by atoms with Gasteiger partial charge in [0.2, 0.25) is 5.91 Å². The molecule has 0 aliphatic carbocycles. The molecule has 8 heteroatoms. The van der Waals surface area contributed by atoms with Gasteiger partial charge in [0.1, 0.15) is 17.8 Å². The number of nitrogens with two attached hydrogens (primary N) is 2. The zero-order valence-electron chi connectivity index (χ0n) is 15.7. The van der Waals surface area contributed by atoms with Crippen LogP contribution >= 0.6 is 0 Å². The first-order valence-electron chi connectivity index (χ1n) is 8.60. The maximum Gasteiger partial charge on any atom is 0.248 e. The number of hydrogen-bond donors (Lipinski definition) is 3. The average Bonchev–Trinajstić information content (AvgIpc) is 3.13. The molecule has 0 saturated heterocycles. The molecule has 5 N–H and O–H groups in total. The molecule has 0 aliphatic heterocycles. The van der Waals surface area contributed by atoms with Crippen molar-refractivity contribution in [2.75, 3.05) is 5.73 Å². The maximum absolute atomic E-state index is 11.5. The third-order valence-electron chi connectivity index (χ3n) is 4.71. The van der Waals surface area contributed by atoms with Gasteiger partial charge >= 0.3 is 0 Å². The van der Waals surface area contributed by atoms with Crippen LogP contribution in [-0.2, 0) is 5.54 Å². The number of aromatic amines is 1. The van der Waals surface area contributed by atoms with Crippen molar-refractivity contribution in [2.24, 2.45) is 5.73 Å². The summed E-state index contributed by atoms with van der Waals surface area (Å²) in [6.45, 7) is 8.16. The first-order valence-corrected chi connectivity index (χ1v) is 8.60. The van der Waals surface area contributed by atoms with Crippen LogP contribution in [0.1, 0.15) is 36.7 Å². The van der Waals surface area contributed by atoms with Crippen LogP contribution in [0.5, 0.6) is 0 Å². The molecule has 8 nitrogen and oxygen atoms in total. The van der Waals surface area contributed by atoms with Crippen molar-refractivity contribution in [1.29, 1.82) is 0 Å². The molecule has 0 fully saturated rings. The van der Waals surface area contributed by atoms with Crippen LogP contribution in [0.2, 0.25) is 0 Å². The number of rotatable bonds is 2. The van der Waals surface area contributed by atoms with E-state index in [2.05, 4.69) is 35.7 Å². The average molecular weight is 363 g/mol. The predicted molar refractivity (Wildman–Crippen MR) is 105 cm³/mol. The molecular formula is C19H21N7O. The van der Waals surface area contributed by atoms with Gasteiger partial charge in [-0.15, -0.1) is 0 Å². The molecule has 3 aromatic heterocycles. The van der Waals surface area contributed by atoms with E-state index >= 15 is 0 Å². The summed E-state index contributed by atoms with van der Waals surface area (Å²) in [6.07, 6.45) is 1.45. The number of nitrogen functional groups attached to an aromatic ring is 1. The number of carbonyl (C=O) groups excluding carboxylic acids is 1. The SMILES string of the molecule is Cc1c(-c2nn(C(C)(C)C)c3ncnc(N)c23)[nH]c2cc(C(N)=O)ccc12. The number of amides is 1. The van der Waals surface area contributed by atoms with Crippen LogP contribution in [0.3, 0.4) is 0 Å². The van der Waals surface area contributed by atoms with E-state index in [4.69, 9.17) is 16.6 Å². The summed E-state index contributed by atoms with van der Waals surface area (Å²) >= 11 is 0. The normalized spacial score (nSPS) is 12.1. The first kappa shape index (κ1) is 17.0. The molecule has 0 atom stereocenters. The minimum absolute atomic E-state index is 0.281. The Kier molecular flexibility index (Phi) is 3.49. The van der Waals surface area contributed by atoms with Crippen molar-refractivity contribution < 1.29 is 4.79 Å². The molecule has 0 saturated carbocycles. The van der Waals surface area contributed by atoms with Crippen molar-refractivity contribution in [3.05, 3.63) is 35.7 Å². The van der Waals surface area contributed by atoms with Crippen LogP contribution in [0, 0.1) is 6.92 Å². The Morgan fingerprint density at radius 3 is 2.63 bits per heavy atom. The van der Waals surface area contributed by atoms with Gasteiger partial charge < -0.3 is 16.5 Å². The highest BCUT2D eigenvalue weighted by Gasteiger charge is 2.25. The summed E-state index contributed by atoms with van der Waals surface area (Å²) in [5.74, 6) is -0.0906. The van der Waals surface area contributed by atoms with E-state index in [0.29, 0.717) is 28.1 Å². The van der Waals surface area contributed by atoms with Gasteiger partial charge in [0.05, 0.1) is 16.6 Å². The molecule has 4 aromatic rings. The highest BCUT2D eigenvalue weighted by atomic mass is 16.1. The third-order valence-corrected chi connectivity index (χ3v) is 4.71. The molecule has 0 spiro atoms. The van der Waals surface area contributed by atoms with Crippen molar-refractivity contribution in [1.82, 2.24) is 24.7 Å². The number of H-pyrrole nitrogens is 1. The molecule has 1 amide bonds. The minimum Gasteiger partial charge on any atom is -0.383 e. The highest BCUT2D eigenvalue weighted by Crippen LogP contribution is 2.36. The molecule has 0 radical (unpaired) electrons. The number of primary amides is 1. The second-order valence-electron chi connectivity index (χ2n) is 7.64. The van der Waals surface area contributed by atoms with Crippen LogP contribution in [0.15, 0.2) is 24.5 Å². The molecule has 0 unspecified atom stereocenters. The zero-order chi connectivity index (χ0) is 19.5. The topological polar surface area (TPSA) is 128 Å². The number of nitrogens with one attached hydrogen (secondary N) is 1. The lowest BCUT2D eigenvalue weighted by Gasteiger charge is -2.19. The number of anilines is 1. The Morgan fingerprint density at radius 2 is 1.96 bits per heavy atom. The van der Waals surface area contributed by atoms with Gasteiger partial charge in [-0.3, -0.25) is 4.79 Å². The Hall–Kier alpha value is -3.42. The Bertz CT molecular complexity index is 1210. The molecule has 3 heterocycles.